The van der Waals surface area contributed by atoms with Gasteiger partial charge in [-0.3, -0.25) is 9.59 Å². The molecule has 134 valence electrons. The molecular weight excluding hydrogens is 340 g/mol. The Balaban J connectivity index is 1.90. The van der Waals surface area contributed by atoms with E-state index in [0.717, 1.165) is 0 Å². The molecule has 2 amide bonds. The molecule has 0 fully saturated rings. The molecular formula is C22H18N2O3. The lowest BCUT2D eigenvalue weighted by atomic mass is 10.1. The monoisotopic (exact) mass is 358 g/mol. The van der Waals surface area contributed by atoms with Crippen LogP contribution in [0.5, 0.6) is 5.75 Å². The molecule has 3 aromatic carbocycles. The van der Waals surface area contributed by atoms with Gasteiger partial charge in [-0.25, -0.2) is 0 Å². The van der Waals surface area contributed by atoms with Crippen LogP contribution in [0.1, 0.15) is 5.56 Å². The summed E-state index contributed by atoms with van der Waals surface area (Å²) in [5.74, 6) is -1.04. The van der Waals surface area contributed by atoms with Crippen LogP contribution in [0.25, 0.3) is 6.08 Å². The van der Waals surface area contributed by atoms with Crippen LogP contribution in [0.4, 0.5) is 11.4 Å². The van der Waals surface area contributed by atoms with Gasteiger partial charge in [0.1, 0.15) is 11.3 Å². The van der Waals surface area contributed by atoms with Crippen molar-refractivity contribution in [2.75, 3.05) is 10.6 Å². The summed E-state index contributed by atoms with van der Waals surface area (Å²) in [6.07, 6.45) is 1.44. The van der Waals surface area contributed by atoms with E-state index in [9.17, 15) is 14.7 Å². The molecule has 5 heteroatoms. The number of hydrogen-bond acceptors (Lipinski definition) is 3. The maximum absolute atomic E-state index is 12.7. The highest BCUT2D eigenvalue weighted by molar-refractivity contribution is 6.28. The summed E-state index contributed by atoms with van der Waals surface area (Å²) in [4.78, 5) is 25.5. The average Bonchev–Trinajstić information content (AvgIpc) is 2.67. The largest absolute Gasteiger partial charge is 0.508 e. The summed E-state index contributed by atoms with van der Waals surface area (Å²) >= 11 is 0. The molecule has 0 aromatic heterocycles. The Morgan fingerprint density at radius 3 is 1.70 bits per heavy atom. The molecule has 0 atom stereocenters. The molecule has 5 nitrogen and oxygen atoms in total. The van der Waals surface area contributed by atoms with Gasteiger partial charge in [-0.05, 0) is 48.0 Å². The molecule has 3 rings (SSSR count). The van der Waals surface area contributed by atoms with Crippen LogP contribution in [0.3, 0.4) is 0 Å². The van der Waals surface area contributed by atoms with Crippen LogP contribution in [-0.2, 0) is 9.59 Å². The van der Waals surface area contributed by atoms with Crippen molar-refractivity contribution in [1.82, 2.24) is 0 Å². The fourth-order valence-corrected chi connectivity index (χ4v) is 2.46. The number of carbonyl (C=O) groups excluding carboxylic acids is 2. The number of anilines is 2. The third-order valence-electron chi connectivity index (χ3n) is 3.73. The predicted octanol–water partition coefficient (Wildman–Crippen LogP) is 4.05. The topological polar surface area (TPSA) is 78.4 Å². The van der Waals surface area contributed by atoms with E-state index in [1.807, 2.05) is 12.1 Å². The molecule has 27 heavy (non-hydrogen) atoms. The Morgan fingerprint density at radius 1 is 0.704 bits per heavy atom. The zero-order chi connectivity index (χ0) is 19.1. The highest BCUT2D eigenvalue weighted by atomic mass is 16.3. The van der Waals surface area contributed by atoms with Gasteiger partial charge in [-0.1, -0.05) is 48.5 Å². The number of rotatable bonds is 5. The molecule has 3 N–H and O–H groups in total. The zero-order valence-corrected chi connectivity index (χ0v) is 14.4. The summed E-state index contributed by atoms with van der Waals surface area (Å²) in [6.45, 7) is 0. The van der Waals surface area contributed by atoms with Crippen molar-refractivity contribution in [1.29, 1.82) is 0 Å². The normalized spacial score (nSPS) is 9.93. The Bertz CT molecular complexity index is 912. The van der Waals surface area contributed by atoms with E-state index in [0.29, 0.717) is 16.9 Å². The molecule has 0 spiro atoms. The standard InChI is InChI=1S/C22H18N2O3/c25-19-13-7-8-16(14-19)15-20(21(26)23-17-9-3-1-4-10-17)22(27)24-18-11-5-2-6-12-18/h1-15,25H,(H,23,26)(H,24,27). The fraction of sp³-hybridized carbons (Fsp3) is 0. The zero-order valence-electron chi connectivity index (χ0n) is 14.4. The predicted molar refractivity (Wildman–Crippen MR) is 106 cm³/mol. The first-order valence-corrected chi connectivity index (χ1v) is 8.35. The average molecular weight is 358 g/mol. The van der Waals surface area contributed by atoms with Crippen LogP contribution < -0.4 is 10.6 Å². The maximum Gasteiger partial charge on any atom is 0.261 e. The van der Waals surface area contributed by atoms with Gasteiger partial charge in [0.25, 0.3) is 11.8 Å². The van der Waals surface area contributed by atoms with Crippen molar-refractivity contribution in [2.24, 2.45) is 0 Å². The Kier molecular flexibility index (Phi) is 5.64. The number of hydrogen-bond donors (Lipinski definition) is 3. The van der Waals surface area contributed by atoms with Crippen molar-refractivity contribution in [3.63, 3.8) is 0 Å². The fourth-order valence-electron chi connectivity index (χ4n) is 2.46. The number of carbonyl (C=O) groups is 2. The highest BCUT2D eigenvalue weighted by Crippen LogP contribution is 2.17. The van der Waals surface area contributed by atoms with Gasteiger partial charge in [0.05, 0.1) is 0 Å². The minimum absolute atomic E-state index is 0.0510. The molecule has 0 unspecified atom stereocenters. The highest BCUT2D eigenvalue weighted by Gasteiger charge is 2.19. The quantitative estimate of drug-likeness (QED) is 0.366. The van der Waals surface area contributed by atoms with Crippen molar-refractivity contribution < 1.29 is 14.7 Å². The van der Waals surface area contributed by atoms with Crippen LogP contribution in [0.15, 0.2) is 90.5 Å². The van der Waals surface area contributed by atoms with Crippen LogP contribution in [0.2, 0.25) is 0 Å². The van der Waals surface area contributed by atoms with E-state index < -0.39 is 11.8 Å². The lowest BCUT2D eigenvalue weighted by Crippen LogP contribution is -2.25. The van der Waals surface area contributed by atoms with Crippen LogP contribution in [-0.4, -0.2) is 16.9 Å². The number of amides is 2. The molecule has 0 heterocycles. The first-order chi connectivity index (χ1) is 13.1. The van der Waals surface area contributed by atoms with Gasteiger partial charge in [-0.15, -0.1) is 0 Å². The van der Waals surface area contributed by atoms with Gasteiger partial charge in [0.15, 0.2) is 0 Å². The number of aromatic hydroxyl groups is 1. The van der Waals surface area contributed by atoms with Gasteiger partial charge in [0, 0.05) is 11.4 Å². The Morgan fingerprint density at radius 2 is 1.22 bits per heavy atom. The summed E-state index contributed by atoms with van der Waals surface area (Å²) < 4.78 is 0. The number of phenolic OH excluding ortho intramolecular Hbond substituents is 1. The maximum atomic E-state index is 12.7. The van der Waals surface area contributed by atoms with Gasteiger partial charge in [-0.2, -0.15) is 0 Å². The van der Waals surface area contributed by atoms with Gasteiger partial charge in [0.2, 0.25) is 0 Å². The molecule has 0 radical (unpaired) electrons. The van der Waals surface area contributed by atoms with Gasteiger partial charge >= 0.3 is 0 Å². The van der Waals surface area contributed by atoms with E-state index >= 15 is 0 Å². The first kappa shape index (κ1) is 17.9. The van der Waals surface area contributed by atoms with Crippen molar-refractivity contribution in [2.45, 2.75) is 0 Å². The minimum atomic E-state index is -0.544. The SMILES string of the molecule is O=C(Nc1ccccc1)C(=Cc1cccc(O)c1)C(=O)Nc1ccccc1. The molecule has 0 bridgehead atoms. The lowest BCUT2D eigenvalue weighted by molar-refractivity contribution is -0.118. The van der Waals surface area contributed by atoms with E-state index in [-0.39, 0.29) is 11.3 Å². The third kappa shape index (κ3) is 5.06. The second-order valence-corrected chi connectivity index (χ2v) is 5.79. The molecule has 0 saturated heterocycles. The van der Waals surface area contributed by atoms with Crippen LogP contribution in [0, 0.1) is 0 Å². The number of para-hydroxylation sites is 2. The molecule has 3 aromatic rings. The van der Waals surface area contributed by atoms with E-state index in [1.165, 1.54) is 18.2 Å². The van der Waals surface area contributed by atoms with Crippen molar-refractivity contribution in [3.05, 3.63) is 96.1 Å². The van der Waals surface area contributed by atoms with Gasteiger partial charge < -0.3 is 15.7 Å². The van der Waals surface area contributed by atoms with Crippen LogP contribution >= 0.6 is 0 Å². The smallest absolute Gasteiger partial charge is 0.261 e. The van der Waals surface area contributed by atoms with Crippen molar-refractivity contribution >= 4 is 29.3 Å². The third-order valence-corrected chi connectivity index (χ3v) is 3.73. The first-order valence-electron chi connectivity index (χ1n) is 8.35. The molecule has 0 aliphatic carbocycles. The lowest BCUT2D eigenvalue weighted by Gasteiger charge is -2.10. The van der Waals surface area contributed by atoms with Crippen molar-refractivity contribution in [3.8, 4) is 5.75 Å². The molecule has 0 aliphatic rings. The number of phenols is 1. The minimum Gasteiger partial charge on any atom is -0.508 e. The Labute approximate surface area is 157 Å². The van der Waals surface area contributed by atoms with E-state index in [4.69, 9.17) is 0 Å². The Hall–Kier alpha value is -3.86. The number of benzene rings is 3. The molecule has 0 saturated carbocycles. The summed E-state index contributed by atoms with van der Waals surface area (Å²) in [5, 5.41) is 15.1. The van der Waals surface area contributed by atoms with E-state index in [2.05, 4.69) is 10.6 Å². The number of nitrogens with one attached hydrogen (secondary N) is 2. The second-order valence-electron chi connectivity index (χ2n) is 5.79. The molecule has 0 aliphatic heterocycles. The summed E-state index contributed by atoms with van der Waals surface area (Å²) in [7, 11) is 0. The second kappa shape index (κ2) is 8.49. The van der Waals surface area contributed by atoms with E-state index in [1.54, 1.807) is 60.7 Å². The summed E-state index contributed by atoms with van der Waals surface area (Å²) in [6, 6.07) is 24.1. The summed E-state index contributed by atoms with van der Waals surface area (Å²) in [5.41, 5.74) is 1.62.